The second kappa shape index (κ2) is 8.40. The summed E-state index contributed by atoms with van der Waals surface area (Å²) in [5.41, 5.74) is 2.22. The fraction of sp³-hybridized carbons (Fsp3) is 0.143. The normalized spacial score (nSPS) is 10.8. The lowest BCUT2D eigenvalue weighted by Crippen LogP contribution is -2.23. The quantitative estimate of drug-likeness (QED) is 0.439. The smallest absolute Gasteiger partial charge is 0.266 e. The molecular weight excluding hydrogens is 436 g/mol. The summed E-state index contributed by atoms with van der Waals surface area (Å²) in [4.78, 5) is 16.6. The van der Waals surface area contributed by atoms with Crippen LogP contribution >= 0.6 is 15.9 Å². The molecule has 0 saturated heterocycles. The molecule has 0 saturated carbocycles. The van der Waals surface area contributed by atoms with E-state index in [0.29, 0.717) is 30.4 Å². The molecule has 0 bridgehead atoms. The minimum Gasteiger partial charge on any atom is -0.497 e. The summed E-state index contributed by atoms with van der Waals surface area (Å²) < 4.78 is 13.0. The van der Waals surface area contributed by atoms with Crippen LogP contribution in [0.5, 0.6) is 5.75 Å². The zero-order valence-corrected chi connectivity index (χ0v) is 17.2. The summed E-state index contributed by atoms with van der Waals surface area (Å²) in [6.45, 7) is 0.332. The molecule has 0 spiro atoms. The molecule has 0 fully saturated rings. The Kier molecular flexibility index (Phi) is 5.53. The third kappa shape index (κ3) is 4.43. The molecule has 0 unspecified atom stereocenters. The van der Waals surface area contributed by atoms with Crippen LogP contribution in [0.1, 0.15) is 5.89 Å². The van der Waals surface area contributed by atoms with Crippen LogP contribution in [0.25, 0.3) is 22.6 Å². The van der Waals surface area contributed by atoms with Gasteiger partial charge in [0.15, 0.2) is 0 Å². The molecule has 2 aromatic carbocycles. The highest BCUT2D eigenvalue weighted by atomic mass is 79.9. The van der Waals surface area contributed by atoms with E-state index in [0.717, 1.165) is 21.3 Å². The Morgan fingerprint density at radius 2 is 1.90 bits per heavy atom. The molecule has 0 radical (unpaired) electrons. The molecule has 8 heteroatoms. The Morgan fingerprint density at radius 3 is 2.69 bits per heavy atom. The number of methoxy groups -OCH3 is 1. The molecule has 0 atom stereocenters. The van der Waals surface area contributed by atoms with Gasteiger partial charge < -0.3 is 9.26 Å². The summed E-state index contributed by atoms with van der Waals surface area (Å²) in [7, 11) is 1.61. The number of halogens is 1. The third-order valence-electron chi connectivity index (χ3n) is 4.34. The Morgan fingerprint density at radius 1 is 1.07 bits per heavy atom. The van der Waals surface area contributed by atoms with Gasteiger partial charge in [-0.1, -0.05) is 33.2 Å². The first-order valence-corrected chi connectivity index (χ1v) is 9.73. The van der Waals surface area contributed by atoms with Gasteiger partial charge in [0, 0.05) is 28.1 Å². The van der Waals surface area contributed by atoms with E-state index >= 15 is 0 Å². The van der Waals surface area contributed by atoms with Crippen LogP contribution in [0.15, 0.2) is 74.5 Å². The maximum atomic E-state index is 12.2. The van der Waals surface area contributed by atoms with Crippen LogP contribution in [0, 0.1) is 0 Å². The summed E-state index contributed by atoms with van der Waals surface area (Å²) >= 11 is 3.40. The van der Waals surface area contributed by atoms with E-state index < -0.39 is 0 Å². The van der Waals surface area contributed by atoms with Gasteiger partial charge in [0.05, 0.1) is 19.3 Å². The van der Waals surface area contributed by atoms with E-state index in [1.54, 1.807) is 13.2 Å². The maximum Gasteiger partial charge on any atom is 0.266 e. The van der Waals surface area contributed by atoms with Gasteiger partial charge >= 0.3 is 0 Å². The molecule has 146 valence electrons. The summed E-state index contributed by atoms with van der Waals surface area (Å²) in [5, 5.41) is 8.47. The Labute approximate surface area is 175 Å². The van der Waals surface area contributed by atoms with Gasteiger partial charge in [-0.05, 0) is 42.5 Å². The fourth-order valence-electron chi connectivity index (χ4n) is 2.82. The molecule has 7 nitrogen and oxygen atoms in total. The van der Waals surface area contributed by atoms with Crippen LogP contribution in [0.4, 0.5) is 0 Å². The molecule has 4 rings (SSSR count). The first kappa shape index (κ1) is 19.1. The van der Waals surface area contributed by atoms with E-state index in [2.05, 4.69) is 31.2 Å². The van der Waals surface area contributed by atoms with Crippen molar-refractivity contribution >= 4 is 15.9 Å². The number of benzene rings is 2. The van der Waals surface area contributed by atoms with Crippen molar-refractivity contribution in [3.05, 3.63) is 81.4 Å². The highest BCUT2D eigenvalue weighted by Gasteiger charge is 2.10. The highest BCUT2D eigenvalue weighted by Crippen LogP contribution is 2.21. The second-order valence-corrected chi connectivity index (χ2v) is 7.20. The van der Waals surface area contributed by atoms with Gasteiger partial charge in [0.2, 0.25) is 11.7 Å². The first-order valence-electron chi connectivity index (χ1n) is 8.93. The molecule has 29 heavy (non-hydrogen) atoms. The van der Waals surface area contributed by atoms with E-state index in [4.69, 9.17) is 9.26 Å². The van der Waals surface area contributed by atoms with Crippen LogP contribution < -0.4 is 10.3 Å². The van der Waals surface area contributed by atoms with Crippen molar-refractivity contribution in [3.63, 3.8) is 0 Å². The van der Waals surface area contributed by atoms with E-state index in [-0.39, 0.29) is 5.56 Å². The fourth-order valence-corrected chi connectivity index (χ4v) is 3.08. The number of aryl methyl sites for hydroxylation is 2. The Balaban J connectivity index is 1.51. The van der Waals surface area contributed by atoms with Gasteiger partial charge in [-0.3, -0.25) is 4.79 Å². The lowest BCUT2D eigenvalue weighted by Gasteiger charge is -2.07. The Bertz CT molecular complexity index is 1190. The van der Waals surface area contributed by atoms with Gasteiger partial charge in [0.1, 0.15) is 5.75 Å². The van der Waals surface area contributed by atoms with E-state index in [1.165, 1.54) is 10.7 Å². The van der Waals surface area contributed by atoms with Gasteiger partial charge in [-0.25, -0.2) is 4.68 Å². The minimum atomic E-state index is -0.190. The monoisotopic (exact) mass is 452 g/mol. The minimum absolute atomic E-state index is 0.190. The van der Waals surface area contributed by atoms with Crippen molar-refractivity contribution in [2.24, 2.45) is 0 Å². The van der Waals surface area contributed by atoms with Crippen molar-refractivity contribution < 1.29 is 9.26 Å². The van der Waals surface area contributed by atoms with E-state index in [9.17, 15) is 4.79 Å². The molecule has 4 aromatic rings. The van der Waals surface area contributed by atoms with Gasteiger partial charge in [-0.15, -0.1) is 0 Å². The average Bonchev–Trinajstić information content (AvgIpc) is 3.23. The van der Waals surface area contributed by atoms with Crippen molar-refractivity contribution in [3.8, 4) is 28.4 Å². The summed E-state index contributed by atoms with van der Waals surface area (Å²) in [6.07, 6.45) is 0.401. The SMILES string of the molecule is COc1cccc(-c2ccc(=O)n(CCc3nc(-c4ccc(Br)cc4)no3)n2)c1. The number of rotatable bonds is 6. The highest BCUT2D eigenvalue weighted by molar-refractivity contribution is 9.10. The largest absolute Gasteiger partial charge is 0.497 e. The average molecular weight is 453 g/mol. The lowest BCUT2D eigenvalue weighted by molar-refractivity contribution is 0.368. The van der Waals surface area contributed by atoms with Crippen molar-refractivity contribution in [1.29, 1.82) is 0 Å². The topological polar surface area (TPSA) is 83.0 Å². The number of hydrogen-bond acceptors (Lipinski definition) is 6. The van der Waals surface area contributed by atoms with Crippen LogP contribution in [-0.2, 0) is 13.0 Å². The van der Waals surface area contributed by atoms with Crippen LogP contribution in [0.3, 0.4) is 0 Å². The summed E-state index contributed by atoms with van der Waals surface area (Å²) in [6, 6.07) is 18.4. The first-order chi connectivity index (χ1) is 14.1. The third-order valence-corrected chi connectivity index (χ3v) is 4.87. The molecule has 0 aliphatic carbocycles. The molecular formula is C21H17BrN4O3. The van der Waals surface area contributed by atoms with Gasteiger partial charge in [-0.2, -0.15) is 10.1 Å². The standard InChI is InChI=1S/C21H17BrN4O3/c1-28-17-4-2-3-15(13-17)18-9-10-20(27)26(24-18)12-11-19-23-21(25-29-19)14-5-7-16(22)8-6-14/h2-10,13H,11-12H2,1H3. The van der Waals surface area contributed by atoms with Crippen molar-refractivity contribution in [2.45, 2.75) is 13.0 Å². The zero-order chi connectivity index (χ0) is 20.2. The molecule has 2 aromatic heterocycles. The van der Waals surface area contributed by atoms with Crippen LogP contribution in [-0.4, -0.2) is 27.0 Å². The van der Waals surface area contributed by atoms with E-state index in [1.807, 2.05) is 48.5 Å². The van der Waals surface area contributed by atoms with Gasteiger partial charge in [0.25, 0.3) is 5.56 Å². The Hall–Kier alpha value is -3.26. The predicted molar refractivity (Wildman–Crippen MR) is 112 cm³/mol. The summed E-state index contributed by atoms with van der Waals surface area (Å²) in [5.74, 6) is 1.69. The molecule has 2 heterocycles. The molecule has 0 aliphatic rings. The predicted octanol–water partition coefficient (Wildman–Crippen LogP) is 3.97. The number of ether oxygens (including phenoxy) is 1. The maximum absolute atomic E-state index is 12.2. The number of aromatic nitrogens is 4. The molecule has 0 N–H and O–H groups in total. The second-order valence-electron chi connectivity index (χ2n) is 6.28. The lowest BCUT2D eigenvalue weighted by atomic mass is 10.1. The number of nitrogens with zero attached hydrogens (tertiary/aromatic N) is 4. The molecule has 0 aliphatic heterocycles. The molecule has 0 amide bonds. The van der Waals surface area contributed by atoms with Crippen molar-refractivity contribution in [2.75, 3.05) is 7.11 Å². The number of hydrogen-bond donors (Lipinski definition) is 0. The zero-order valence-electron chi connectivity index (χ0n) is 15.6. The van der Waals surface area contributed by atoms with Crippen LogP contribution in [0.2, 0.25) is 0 Å². The van der Waals surface area contributed by atoms with Crippen molar-refractivity contribution in [1.82, 2.24) is 19.9 Å².